The van der Waals surface area contributed by atoms with E-state index in [1.54, 1.807) is 6.07 Å². The van der Waals surface area contributed by atoms with Gasteiger partial charge in [0.2, 0.25) is 0 Å². The van der Waals surface area contributed by atoms with E-state index in [0.717, 1.165) is 44.6 Å². The molecule has 1 unspecified atom stereocenters. The zero-order valence-electron chi connectivity index (χ0n) is 12.3. The van der Waals surface area contributed by atoms with Crippen molar-refractivity contribution < 1.29 is 9.66 Å². The third-order valence-electron chi connectivity index (χ3n) is 3.70. The van der Waals surface area contributed by atoms with Gasteiger partial charge < -0.3 is 9.64 Å². The zero-order chi connectivity index (χ0) is 15.2. The Morgan fingerprint density at radius 2 is 2.33 bits per heavy atom. The van der Waals surface area contributed by atoms with Gasteiger partial charge in [-0.25, -0.2) is 0 Å². The number of hydrogen-bond acceptors (Lipinski definition) is 4. The van der Waals surface area contributed by atoms with Crippen LogP contribution in [0.5, 0.6) is 0 Å². The Morgan fingerprint density at radius 3 is 3.00 bits per heavy atom. The quantitative estimate of drug-likeness (QED) is 0.440. The molecule has 0 radical (unpaired) electrons. The van der Waals surface area contributed by atoms with E-state index in [1.807, 2.05) is 12.1 Å². The molecular formula is C15H21BrN2O3. The maximum absolute atomic E-state index is 11.0. The Hall–Kier alpha value is -1.14. The smallest absolute Gasteiger partial charge is 0.273 e. The summed E-state index contributed by atoms with van der Waals surface area (Å²) < 4.78 is 5.84. The molecule has 0 amide bonds. The normalized spacial score (nSPS) is 18.8. The van der Waals surface area contributed by atoms with Gasteiger partial charge in [0.15, 0.2) is 0 Å². The molecule has 6 heteroatoms. The molecule has 1 aromatic rings. The summed E-state index contributed by atoms with van der Waals surface area (Å²) in [6.45, 7) is 4.75. The molecule has 0 bridgehead atoms. The van der Waals surface area contributed by atoms with Gasteiger partial charge >= 0.3 is 0 Å². The van der Waals surface area contributed by atoms with Crippen LogP contribution < -0.4 is 4.90 Å². The molecule has 1 heterocycles. The van der Waals surface area contributed by atoms with Crippen molar-refractivity contribution in [2.24, 2.45) is 0 Å². The number of ether oxygens (including phenoxy) is 1. The van der Waals surface area contributed by atoms with Gasteiger partial charge in [0.05, 0.1) is 11.0 Å². The van der Waals surface area contributed by atoms with Gasteiger partial charge in [-0.3, -0.25) is 10.1 Å². The third kappa shape index (κ3) is 4.17. The number of nitrogens with zero attached hydrogens (tertiary/aromatic N) is 2. The molecule has 0 aromatic heterocycles. The standard InChI is InChI=1S/C15H21BrN2O3/c1-2-8-21-14-4-3-7-17(11-14)13-5-6-15(18(19)20)12(9-13)10-16/h5-6,9,14H,2-4,7-8,10-11H2,1H3. The molecule has 1 saturated heterocycles. The molecule has 1 fully saturated rings. The van der Waals surface area contributed by atoms with Crippen molar-refractivity contribution in [3.8, 4) is 0 Å². The van der Waals surface area contributed by atoms with Gasteiger partial charge in [0.25, 0.3) is 5.69 Å². The first-order chi connectivity index (χ1) is 10.2. The second kappa shape index (κ2) is 7.75. The number of piperidine rings is 1. The minimum atomic E-state index is -0.330. The van der Waals surface area contributed by atoms with E-state index in [2.05, 4.69) is 27.8 Å². The number of rotatable bonds is 6. The Balaban J connectivity index is 2.12. The lowest BCUT2D eigenvalue weighted by atomic mass is 10.1. The van der Waals surface area contributed by atoms with Gasteiger partial charge in [0, 0.05) is 42.3 Å². The van der Waals surface area contributed by atoms with Gasteiger partial charge in [0.1, 0.15) is 0 Å². The van der Waals surface area contributed by atoms with E-state index in [4.69, 9.17) is 4.74 Å². The number of hydrogen-bond donors (Lipinski definition) is 0. The van der Waals surface area contributed by atoms with Crippen LogP contribution in [0.25, 0.3) is 0 Å². The zero-order valence-corrected chi connectivity index (χ0v) is 13.8. The molecule has 0 saturated carbocycles. The summed E-state index contributed by atoms with van der Waals surface area (Å²) in [6, 6.07) is 5.35. The number of alkyl halides is 1. The minimum Gasteiger partial charge on any atom is -0.376 e. The predicted molar refractivity (Wildman–Crippen MR) is 87.2 cm³/mol. The Kier molecular flexibility index (Phi) is 5.99. The van der Waals surface area contributed by atoms with E-state index in [-0.39, 0.29) is 16.7 Å². The highest BCUT2D eigenvalue weighted by Crippen LogP contribution is 2.29. The number of halogens is 1. The van der Waals surface area contributed by atoms with Crippen molar-refractivity contribution in [1.29, 1.82) is 0 Å². The van der Waals surface area contributed by atoms with Crippen LogP contribution in [0.4, 0.5) is 11.4 Å². The maximum atomic E-state index is 11.0. The molecule has 2 rings (SSSR count). The van der Waals surface area contributed by atoms with Crippen molar-refractivity contribution >= 4 is 27.3 Å². The summed E-state index contributed by atoms with van der Waals surface area (Å²) in [4.78, 5) is 12.9. The van der Waals surface area contributed by atoms with Crippen LogP contribution in [0, 0.1) is 10.1 Å². The lowest BCUT2D eigenvalue weighted by molar-refractivity contribution is -0.385. The lowest BCUT2D eigenvalue weighted by Crippen LogP contribution is -2.39. The van der Waals surface area contributed by atoms with E-state index >= 15 is 0 Å². The fourth-order valence-corrected chi connectivity index (χ4v) is 3.10. The van der Waals surface area contributed by atoms with E-state index in [1.165, 1.54) is 0 Å². The molecule has 116 valence electrons. The van der Waals surface area contributed by atoms with Crippen molar-refractivity contribution in [2.45, 2.75) is 37.6 Å². The molecule has 5 nitrogen and oxygen atoms in total. The fourth-order valence-electron chi connectivity index (χ4n) is 2.65. The summed E-state index contributed by atoms with van der Waals surface area (Å²) in [5.41, 5.74) is 1.93. The highest BCUT2D eigenvalue weighted by atomic mass is 79.9. The second-order valence-corrected chi connectivity index (χ2v) is 5.85. The van der Waals surface area contributed by atoms with Crippen LogP contribution in [0.1, 0.15) is 31.7 Å². The van der Waals surface area contributed by atoms with Crippen molar-refractivity contribution in [3.05, 3.63) is 33.9 Å². The van der Waals surface area contributed by atoms with Crippen LogP contribution in [0.2, 0.25) is 0 Å². The minimum absolute atomic E-state index is 0.173. The average Bonchev–Trinajstić information content (AvgIpc) is 2.52. The van der Waals surface area contributed by atoms with Crippen LogP contribution in [-0.2, 0) is 10.1 Å². The van der Waals surface area contributed by atoms with Gasteiger partial charge in [-0.1, -0.05) is 22.9 Å². The summed E-state index contributed by atoms with van der Waals surface area (Å²) in [6.07, 6.45) is 3.48. The molecule has 21 heavy (non-hydrogen) atoms. The van der Waals surface area contributed by atoms with Gasteiger partial charge in [-0.2, -0.15) is 0 Å². The highest BCUT2D eigenvalue weighted by Gasteiger charge is 2.22. The maximum Gasteiger partial charge on any atom is 0.273 e. The molecule has 1 aliphatic rings. The Labute approximate surface area is 133 Å². The van der Waals surface area contributed by atoms with Crippen molar-refractivity contribution in [3.63, 3.8) is 0 Å². The first-order valence-electron chi connectivity index (χ1n) is 7.35. The van der Waals surface area contributed by atoms with E-state index in [9.17, 15) is 10.1 Å². The van der Waals surface area contributed by atoms with Crippen LogP contribution in [0.15, 0.2) is 18.2 Å². The average molecular weight is 357 g/mol. The number of benzene rings is 1. The molecule has 1 atom stereocenters. The number of anilines is 1. The Bertz CT molecular complexity index is 496. The van der Waals surface area contributed by atoms with Crippen molar-refractivity contribution in [1.82, 2.24) is 0 Å². The number of nitro benzene ring substituents is 1. The molecule has 1 aliphatic heterocycles. The second-order valence-electron chi connectivity index (χ2n) is 5.28. The van der Waals surface area contributed by atoms with Crippen molar-refractivity contribution in [2.75, 3.05) is 24.6 Å². The monoisotopic (exact) mass is 356 g/mol. The lowest BCUT2D eigenvalue weighted by Gasteiger charge is -2.34. The highest BCUT2D eigenvalue weighted by molar-refractivity contribution is 9.08. The fraction of sp³-hybridized carbons (Fsp3) is 0.600. The third-order valence-corrected chi connectivity index (χ3v) is 4.31. The molecular weight excluding hydrogens is 336 g/mol. The largest absolute Gasteiger partial charge is 0.376 e. The van der Waals surface area contributed by atoms with E-state index in [0.29, 0.717) is 10.9 Å². The van der Waals surface area contributed by atoms with E-state index < -0.39 is 0 Å². The van der Waals surface area contributed by atoms with Crippen LogP contribution in [-0.4, -0.2) is 30.7 Å². The summed E-state index contributed by atoms with van der Waals surface area (Å²) >= 11 is 3.33. The molecule has 0 aliphatic carbocycles. The predicted octanol–water partition coefficient (Wildman–Crippen LogP) is 3.89. The molecule has 0 spiro atoms. The molecule has 0 N–H and O–H groups in total. The summed E-state index contributed by atoms with van der Waals surface area (Å²) in [5.74, 6) is 0. The van der Waals surface area contributed by atoms with Gasteiger partial charge in [-0.05, 0) is 31.4 Å². The first-order valence-corrected chi connectivity index (χ1v) is 8.47. The SMILES string of the molecule is CCCOC1CCCN(c2ccc([N+](=O)[O-])c(CBr)c2)C1. The van der Waals surface area contributed by atoms with Crippen LogP contribution in [0.3, 0.4) is 0 Å². The molecule has 1 aromatic carbocycles. The number of nitro groups is 1. The first kappa shape index (κ1) is 16.2. The van der Waals surface area contributed by atoms with Crippen LogP contribution >= 0.6 is 15.9 Å². The summed E-state index contributed by atoms with van der Waals surface area (Å²) in [5, 5.41) is 11.5. The topological polar surface area (TPSA) is 55.6 Å². The Morgan fingerprint density at radius 1 is 1.52 bits per heavy atom. The van der Waals surface area contributed by atoms with Gasteiger partial charge in [-0.15, -0.1) is 0 Å². The summed E-state index contributed by atoms with van der Waals surface area (Å²) in [7, 11) is 0.